The minimum atomic E-state index is -0.619. The number of hydrogen-bond donors (Lipinski definition) is 3. The molecule has 0 amide bonds. The molecule has 0 spiro atoms. The number of guanidine groups is 1. The maximum absolute atomic E-state index is 13.3. The van der Waals surface area contributed by atoms with Crippen LogP contribution in [0.2, 0.25) is 0 Å². The van der Waals surface area contributed by atoms with Crippen LogP contribution in [-0.2, 0) is 11.3 Å². The molecule has 2 rings (SSSR count). The van der Waals surface area contributed by atoms with Gasteiger partial charge < -0.3 is 20.5 Å². The fourth-order valence-electron chi connectivity index (χ4n) is 2.50. The molecular weight excluding hydrogens is 311 g/mol. The van der Waals surface area contributed by atoms with Gasteiger partial charge in [-0.1, -0.05) is 6.07 Å². The highest BCUT2D eigenvalue weighted by atomic mass is 19.1. The average molecular weight is 338 g/mol. The molecule has 0 atom stereocenters. The summed E-state index contributed by atoms with van der Waals surface area (Å²) >= 11 is 0. The molecule has 1 fully saturated rings. The Balaban J connectivity index is 1.76. The molecule has 0 bridgehead atoms. The van der Waals surface area contributed by atoms with Gasteiger partial charge in [0.1, 0.15) is 0 Å². The topological polar surface area (TPSA) is 69.1 Å². The van der Waals surface area contributed by atoms with Crippen molar-refractivity contribution in [3.63, 3.8) is 0 Å². The van der Waals surface area contributed by atoms with Crippen molar-refractivity contribution in [1.29, 1.82) is 0 Å². The highest BCUT2D eigenvalue weighted by molar-refractivity contribution is 5.79. The molecule has 0 unspecified atom stereocenters. The van der Waals surface area contributed by atoms with Crippen LogP contribution >= 0.6 is 0 Å². The van der Waals surface area contributed by atoms with Crippen molar-refractivity contribution in [1.82, 2.24) is 15.5 Å². The van der Waals surface area contributed by atoms with E-state index < -0.39 is 5.82 Å². The van der Waals surface area contributed by atoms with Crippen LogP contribution in [0.1, 0.15) is 18.9 Å². The van der Waals surface area contributed by atoms with Gasteiger partial charge in [-0.15, -0.1) is 0 Å². The molecule has 3 N–H and O–H groups in total. The predicted molar refractivity (Wildman–Crippen MR) is 92.8 cm³/mol. The first-order valence-electron chi connectivity index (χ1n) is 8.48. The second-order valence-electron chi connectivity index (χ2n) is 5.72. The molecule has 1 aromatic rings. The molecule has 0 radical (unpaired) electrons. The van der Waals surface area contributed by atoms with E-state index >= 15 is 0 Å². The number of aromatic hydroxyl groups is 1. The van der Waals surface area contributed by atoms with Crippen molar-refractivity contribution in [2.45, 2.75) is 19.9 Å². The second kappa shape index (κ2) is 10.1. The molecule has 134 valence electrons. The third-order valence-electron chi connectivity index (χ3n) is 3.82. The number of aliphatic imine (C=N–C) groups is 1. The molecule has 24 heavy (non-hydrogen) atoms. The van der Waals surface area contributed by atoms with Gasteiger partial charge in [0.25, 0.3) is 0 Å². The molecule has 1 aliphatic heterocycles. The average Bonchev–Trinajstić information content (AvgIpc) is 2.60. The predicted octanol–water partition coefficient (Wildman–Crippen LogP) is 1.31. The van der Waals surface area contributed by atoms with E-state index in [-0.39, 0.29) is 5.75 Å². The van der Waals surface area contributed by atoms with E-state index in [9.17, 15) is 9.50 Å². The summed E-state index contributed by atoms with van der Waals surface area (Å²) in [5.74, 6) is -0.241. The molecule has 0 aliphatic carbocycles. The first-order valence-corrected chi connectivity index (χ1v) is 8.48. The number of morpholine rings is 1. The summed E-state index contributed by atoms with van der Waals surface area (Å²) in [6.07, 6.45) is 1.03. The molecule has 1 heterocycles. The van der Waals surface area contributed by atoms with Crippen LogP contribution < -0.4 is 10.6 Å². The number of rotatable bonds is 7. The summed E-state index contributed by atoms with van der Waals surface area (Å²) in [7, 11) is 0. The number of ether oxygens (including phenoxy) is 1. The standard InChI is InChI=1S/C17H27FN4O2/c1-2-19-17(20-6-3-7-22-8-10-24-11-9-22)21-13-14-4-5-16(23)15(18)12-14/h4-5,12,23H,2-3,6-11,13H2,1H3,(H2,19,20,21). The highest BCUT2D eigenvalue weighted by Gasteiger charge is 2.09. The van der Waals surface area contributed by atoms with Crippen molar-refractivity contribution in [2.24, 2.45) is 4.99 Å². The minimum absolute atomic E-state index is 0.337. The van der Waals surface area contributed by atoms with Gasteiger partial charge in [-0.2, -0.15) is 0 Å². The number of nitrogens with zero attached hydrogens (tertiary/aromatic N) is 2. The van der Waals surface area contributed by atoms with Crippen LogP contribution in [0.25, 0.3) is 0 Å². The number of benzene rings is 1. The molecule has 0 saturated carbocycles. The number of nitrogens with one attached hydrogen (secondary N) is 2. The van der Waals surface area contributed by atoms with Crippen LogP contribution in [0.4, 0.5) is 4.39 Å². The maximum atomic E-state index is 13.3. The lowest BCUT2D eigenvalue weighted by Gasteiger charge is -2.26. The monoisotopic (exact) mass is 338 g/mol. The summed E-state index contributed by atoms with van der Waals surface area (Å²) in [6.45, 7) is 8.63. The molecule has 0 aromatic heterocycles. The Labute approximate surface area is 142 Å². The Kier molecular flexibility index (Phi) is 7.77. The lowest BCUT2D eigenvalue weighted by molar-refractivity contribution is 0.0376. The third kappa shape index (κ3) is 6.33. The molecule has 1 aliphatic rings. The van der Waals surface area contributed by atoms with Gasteiger partial charge in [0.2, 0.25) is 0 Å². The summed E-state index contributed by atoms with van der Waals surface area (Å²) in [5.41, 5.74) is 0.718. The zero-order chi connectivity index (χ0) is 17.2. The zero-order valence-corrected chi connectivity index (χ0v) is 14.2. The Bertz CT molecular complexity index is 533. The molecule has 7 heteroatoms. The number of hydrogen-bond acceptors (Lipinski definition) is 4. The van der Waals surface area contributed by atoms with Crippen LogP contribution in [-0.4, -0.2) is 61.9 Å². The molecule has 1 saturated heterocycles. The van der Waals surface area contributed by atoms with E-state index in [1.165, 1.54) is 12.1 Å². The van der Waals surface area contributed by atoms with Gasteiger partial charge in [-0.25, -0.2) is 9.38 Å². The van der Waals surface area contributed by atoms with E-state index in [1.807, 2.05) is 6.92 Å². The zero-order valence-electron chi connectivity index (χ0n) is 14.2. The van der Waals surface area contributed by atoms with Gasteiger partial charge >= 0.3 is 0 Å². The lowest BCUT2D eigenvalue weighted by atomic mass is 10.2. The van der Waals surface area contributed by atoms with E-state index in [2.05, 4.69) is 20.5 Å². The van der Waals surface area contributed by atoms with E-state index in [4.69, 9.17) is 4.74 Å². The van der Waals surface area contributed by atoms with E-state index in [0.29, 0.717) is 12.5 Å². The lowest BCUT2D eigenvalue weighted by Crippen LogP contribution is -2.40. The number of halogens is 1. The van der Waals surface area contributed by atoms with E-state index in [1.54, 1.807) is 6.07 Å². The Morgan fingerprint density at radius 2 is 2.12 bits per heavy atom. The van der Waals surface area contributed by atoms with E-state index in [0.717, 1.165) is 57.9 Å². The fourth-order valence-corrected chi connectivity index (χ4v) is 2.50. The highest BCUT2D eigenvalue weighted by Crippen LogP contribution is 2.16. The minimum Gasteiger partial charge on any atom is -0.505 e. The van der Waals surface area contributed by atoms with Crippen LogP contribution in [0.3, 0.4) is 0 Å². The smallest absolute Gasteiger partial charge is 0.191 e. The number of phenols is 1. The SMILES string of the molecule is CCNC(=NCc1ccc(O)c(F)c1)NCCCN1CCOCC1. The van der Waals surface area contributed by atoms with Crippen molar-refractivity contribution in [2.75, 3.05) is 45.9 Å². The van der Waals surface area contributed by atoms with Gasteiger partial charge in [-0.3, -0.25) is 4.90 Å². The van der Waals surface area contributed by atoms with Gasteiger partial charge in [0.15, 0.2) is 17.5 Å². The molecule has 6 nitrogen and oxygen atoms in total. The quantitative estimate of drug-likeness (QED) is 0.397. The Morgan fingerprint density at radius 3 is 2.83 bits per heavy atom. The Hall–Kier alpha value is -1.86. The van der Waals surface area contributed by atoms with Crippen molar-refractivity contribution in [3.8, 4) is 5.75 Å². The molecule has 1 aromatic carbocycles. The van der Waals surface area contributed by atoms with Gasteiger partial charge in [0.05, 0.1) is 19.8 Å². The fraction of sp³-hybridized carbons (Fsp3) is 0.588. The normalized spacial score (nSPS) is 16.2. The number of phenolic OH excluding ortho intramolecular Hbond substituents is 1. The summed E-state index contributed by atoms with van der Waals surface area (Å²) < 4.78 is 18.7. The van der Waals surface area contributed by atoms with Crippen LogP contribution in [0.5, 0.6) is 5.75 Å². The summed E-state index contributed by atoms with van der Waals surface area (Å²) in [5, 5.41) is 15.7. The van der Waals surface area contributed by atoms with Crippen LogP contribution in [0.15, 0.2) is 23.2 Å². The van der Waals surface area contributed by atoms with Crippen molar-refractivity contribution < 1.29 is 14.2 Å². The second-order valence-corrected chi connectivity index (χ2v) is 5.72. The third-order valence-corrected chi connectivity index (χ3v) is 3.82. The largest absolute Gasteiger partial charge is 0.505 e. The van der Waals surface area contributed by atoms with Gasteiger partial charge in [-0.05, 0) is 37.6 Å². The van der Waals surface area contributed by atoms with Crippen molar-refractivity contribution in [3.05, 3.63) is 29.6 Å². The first kappa shape index (κ1) is 18.5. The van der Waals surface area contributed by atoms with Gasteiger partial charge in [0, 0.05) is 26.2 Å². The summed E-state index contributed by atoms with van der Waals surface area (Å²) in [4.78, 5) is 6.85. The summed E-state index contributed by atoms with van der Waals surface area (Å²) in [6, 6.07) is 4.33. The first-order chi connectivity index (χ1) is 11.7. The Morgan fingerprint density at radius 1 is 1.33 bits per heavy atom. The maximum Gasteiger partial charge on any atom is 0.191 e. The van der Waals surface area contributed by atoms with Crippen molar-refractivity contribution >= 4 is 5.96 Å². The molecular formula is C17H27FN4O2. The van der Waals surface area contributed by atoms with Crippen LogP contribution in [0, 0.1) is 5.82 Å².